The Morgan fingerprint density at radius 1 is 1.10 bits per heavy atom. The molecule has 0 N–H and O–H groups in total. The van der Waals surface area contributed by atoms with Gasteiger partial charge in [-0.2, -0.15) is 0 Å². The van der Waals surface area contributed by atoms with Crippen LogP contribution in [0.3, 0.4) is 0 Å². The van der Waals surface area contributed by atoms with Crippen molar-refractivity contribution in [1.29, 1.82) is 0 Å². The minimum atomic E-state index is -3.79. The van der Waals surface area contributed by atoms with E-state index in [1.54, 1.807) is 6.07 Å². The zero-order valence-electron chi connectivity index (χ0n) is 11.3. The summed E-state index contributed by atoms with van der Waals surface area (Å²) in [5.74, 6) is -0.487. The van der Waals surface area contributed by atoms with Crippen LogP contribution in [0.25, 0.3) is 0 Å². The maximum Gasteiger partial charge on any atom is 0.265 e. The molecule has 0 spiro atoms. The topological polar surface area (TPSA) is 37.4 Å². The van der Waals surface area contributed by atoms with Crippen molar-refractivity contribution < 1.29 is 12.8 Å². The summed E-state index contributed by atoms with van der Waals surface area (Å²) >= 11 is 6.60. The van der Waals surface area contributed by atoms with Gasteiger partial charge in [0.15, 0.2) is 0 Å². The monoisotopic (exact) mass is 435 g/mol. The highest BCUT2D eigenvalue weighted by atomic mass is 79.9. The van der Waals surface area contributed by atoms with Crippen molar-refractivity contribution in [2.75, 3.05) is 11.4 Å². The van der Waals surface area contributed by atoms with E-state index >= 15 is 0 Å². The maximum atomic E-state index is 13.3. The number of hydrogen-bond acceptors (Lipinski definition) is 2. The van der Waals surface area contributed by atoms with E-state index in [1.165, 1.54) is 37.4 Å². The Labute approximate surface area is 140 Å². The van der Waals surface area contributed by atoms with Crippen LogP contribution >= 0.6 is 31.9 Å². The van der Waals surface area contributed by atoms with Gasteiger partial charge in [0.25, 0.3) is 10.0 Å². The number of rotatable bonds is 3. The second-order valence-corrected chi connectivity index (χ2v) is 8.13. The molecule has 0 atom stereocenters. The van der Waals surface area contributed by atoms with E-state index in [-0.39, 0.29) is 10.6 Å². The van der Waals surface area contributed by atoms with E-state index in [2.05, 4.69) is 31.9 Å². The quantitative estimate of drug-likeness (QED) is 0.711. The van der Waals surface area contributed by atoms with E-state index in [4.69, 9.17) is 0 Å². The number of aryl methyl sites for hydroxylation is 1. The minimum Gasteiger partial charge on any atom is -0.269 e. The molecule has 7 heteroatoms. The largest absolute Gasteiger partial charge is 0.269 e. The van der Waals surface area contributed by atoms with E-state index in [0.29, 0.717) is 8.95 Å². The van der Waals surface area contributed by atoms with Crippen molar-refractivity contribution in [2.45, 2.75) is 11.8 Å². The van der Waals surface area contributed by atoms with Gasteiger partial charge >= 0.3 is 0 Å². The molecule has 0 saturated heterocycles. The van der Waals surface area contributed by atoms with Gasteiger partial charge < -0.3 is 0 Å². The number of nitrogens with zero attached hydrogens (tertiary/aromatic N) is 1. The Morgan fingerprint density at radius 2 is 1.76 bits per heavy atom. The average Bonchev–Trinajstić information content (AvgIpc) is 2.41. The Hall–Kier alpha value is -0.920. The summed E-state index contributed by atoms with van der Waals surface area (Å²) in [6.45, 7) is 1.86. The van der Waals surface area contributed by atoms with Crippen molar-refractivity contribution in [1.82, 2.24) is 0 Å². The van der Waals surface area contributed by atoms with Crippen molar-refractivity contribution >= 4 is 47.6 Å². The van der Waals surface area contributed by atoms with Crippen molar-refractivity contribution in [3.05, 3.63) is 56.7 Å². The molecular weight excluding hydrogens is 425 g/mol. The first kappa shape index (κ1) is 16.5. The number of sulfonamides is 1. The molecule has 3 nitrogen and oxygen atoms in total. The number of hydrogen-bond donors (Lipinski definition) is 0. The summed E-state index contributed by atoms with van der Waals surface area (Å²) in [5.41, 5.74) is 1.17. The summed E-state index contributed by atoms with van der Waals surface area (Å²) in [6.07, 6.45) is 0. The summed E-state index contributed by atoms with van der Waals surface area (Å²) in [4.78, 5) is 0.117. The molecule has 112 valence electrons. The SMILES string of the molecule is Cc1cc(Br)c(S(=O)(=O)N(C)c2cccc(F)c2)cc1Br. The molecule has 0 radical (unpaired) electrons. The fraction of sp³-hybridized carbons (Fsp3) is 0.143. The van der Waals surface area contributed by atoms with Crippen LogP contribution in [0.5, 0.6) is 0 Å². The van der Waals surface area contributed by atoms with Gasteiger partial charge in [-0.3, -0.25) is 4.31 Å². The number of halogens is 3. The lowest BCUT2D eigenvalue weighted by Crippen LogP contribution is -2.27. The van der Waals surface area contributed by atoms with E-state index < -0.39 is 15.8 Å². The summed E-state index contributed by atoms with van der Waals surface area (Å²) in [5, 5.41) is 0. The van der Waals surface area contributed by atoms with Crippen LogP contribution in [0, 0.1) is 12.7 Å². The van der Waals surface area contributed by atoms with Crippen LogP contribution in [0.1, 0.15) is 5.56 Å². The molecule has 0 aliphatic carbocycles. The second kappa shape index (κ2) is 6.06. The molecule has 0 bridgehead atoms. The molecule has 2 aromatic carbocycles. The first-order chi connectivity index (χ1) is 9.73. The molecule has 0 aliphatic heterocycles. The van der Waals surface area contributed by atoms with Crippen molar-refractivity contribution in [3.8, 4) is 0 Å². The molecule has 0 heterocycles. The maximum absolute atomic E-state index is 13.3. The average molecular weight is 437 g/mol. The molecule has 0 aromatic heterocycles. The first-order valence-corrected chi connectivity index (χ1v) is 8.96. The summed E-state index contributed by atoms with van der Waals surface area (Å²) in [7, 11) is -2.40. The second-order valence-electron chi connectivity index (χ2n) is 4.48. The lowest BCUT2D eigenvalue weighted by Gasteiger charge is -2.20. The molecule has 0 unspecified atom stereocenters. The van der Waals surface area contributed by atoms with E-state index in [1.807, 2.05) is 6.92 Å². The van der Waals surface area contributed by atoms with Crippen LogP contribution in [0.2, 0.25) is 0 Å². The Kier molecular flexibility index (Phi) is 4.75. The van der Waals surface area contributed by atoms with Gasteiger partial charge in [-0.05, 0) is 58.7 Å². The predicted molar refractivity (Wildman–Crippen MR) is 88.6 cm³/mol. The molecule has 0 saturated carbocycles. The zero-order valence-corrected chi connectivity index (χ0v) is 15.3. The standard InChI is InChI=1S/C14H12Br2FNO2S/c1-9-6-13(16)14(8-12(9)15)21(19,20)18(2)11-5-3-4-10(17)7-11/h3-8H,1-2H3. The molecule has 2 rings (SSSR count). The van der Waals surface area contributed by atoms with Crippen LogP contribution in [-0.2, 0) is 10.0 Å². The van der Waals surface area contributed by atoms with Gasteiger partial charge in [0, 0.05) is 16.0 Å². The molecule has 0 fully saturated rings. The molecular formula is C14H12Br2FNO2S. The first-order valence-electron chi connectivity index (χ1n) is 5.93. The van der Waals surface area contributed by atoms with Gasteiger partial charge in [-0.15, -0.1) is 0 Å². The van der Waals surface area contributed by atoms with Crippen LogP contribution in [0.15, 0.2) is 50.2 Å². The zero-order chi connectivity index (χ0) is 15.8. The van der Waals surface area contributed by atoms with Crippen molar-refractivity contribution in [2.24, 2.45) is 0 Å². The van der Waals surface area contributed by atoms with Gasteiger partial charge in [0.05, 0.1) is 5.69 Å². The third kappa shape index (κ3) is 3.30. The van der Waals surface area contributed by atoms with Gasteiger partial charge in [-0.25, -0.2) is 12.8 Å². The van der Waals surface area contributed by atoms with Gasteiger partial charge in [0.1, 0.15) is 10.7 Å². The fourth-order valence-corrected chi connectivity index (χ4v) is 4.61. The minimum absolute atomic E-state index is 0.117. The number of benzene rings is 2. The van der Waals surface area contributed by atoms with E-state index in [9.17, 15) is 12.8 Å². The van der Waals surface area contributed by atoms with E-state index in [0.717, 1.165) is 9.87 Å². The molecule has 0 aliphatic rings. The molecule has 0 amide bonds. The van der Waals surface area contributed by atoms with Crippen LogP contribution in [0.4, 0.5) is 10.1 Å². The van der Waals surface area contributed by atoms with Crippen LogP contribution < -0.4 is 4.31 Å². The Morgan fingerprint density at radius 3 is 2.38 bits per heavy atom. The predicted octanol–water partition coefficient (Wildman–Crippen LogP) is 4.48. The summed E-state index contributed by atoms with van der Waals surface area (Å²) in [6, 6.07) is 8.70. The molecule has 21 heavy (non-hydrogen) atoms. The van der Waals surface area contributed by atoms with Gasteiger partial charge in [-0.1, -0.05) is 22.0 Å². The third-order valence-electron chi connectivity index (χ3n) is 3.02. The Balaban J connectivity index is 2.54. The highest BCUT2D eigenvalue weighted by Gasteiger charge is 2.25. The Bertz CT molecular complexity index is 794. The normalized spacial score (nSPS) is 11.5. The fourth-order valence-electron chi connectivity index (χ4n) is 1.78. The lowest BCUT2D eigenvalue weighted by atomic mass is 10.2. The summed E-state index contributed by atoms with van der Waals surface area (Å²) < 4.78 is 40.8. The number of anilines is 1. The highest BCUT2D eigenvalue weighted by molar-refractivity contribution is 9.11. The lowest BCUT2D eigenvalue weighted by molar-refractivity contribution is 0.593. The highest BCUT2D eigenvalue weighted by Crippen LogP contribution is 2.32. The van der Waals surface area contributed by atoms with Gasteiger partial charge in [0.2, 0.25) is 0 Å². The van der Waals surface area contributed by atoms with Crippen molar-refractivity contribution in [3.63, 3.8) is 0 Å². The third-order valence-corrected chi connectivity index (χ3v) is 6.62. The van der Waals surface area contributed by atoms with Crippen LogP contribution in [-0.4, -0.2) is 15.5 Å². The smallest absolute Gasteiger partial charge is 0.265 e. The molecule has 2 aromatic rings.